The lowest BCUT2D eigenvalue weighted by Crippen LogP contribution is -2.10. The van der Waals surface area contributed by atoms with E-state index in [4.69, 9.17) is 11.6 Å². The number of esters is 1. The highest BCUT2D eigenvalue weighted by Gasteiger charge is 2.13. The molecule has 0 saturated carbocycles. The van der Waals surface area contributed by atoms with Gasteiger partial charge in [0.2, 0.25) is 0 Å². The molecule has 4 nitrogen and oxygen atoms in total. The lowest BCUT2D eigenvalue weighted by Gasteiger charge is -2.01. The Morgan fingerprint density at radius 3 is 2.73 bits per heavy atom. The molecule has 0 unspecified atom stereocenters. The summed E-state index contributed by atoms with van der Waals surface area (Å²) in [5.41, 5.74) is 1.06. The van der Waals surface area contributed by atoms with Gasteiger partial charge in [0, 0.05) is 11.8 Å². The Morgan fingerprint density at radius 1 is 1.53 bits per heavy atom. The van der Waals surface area contributed by atoms with Crippen molar-refractivity contribution in [3.05, 3.63) is 28.5 Å². The van der Waals surface area contributed by atoms with Crippen molar-refractivity contribution in [3.63, 3.8) is 0 Å². The molecule has 15 heavy (non-hydrogen) atoms. The number of hydrogen-bond acceptors (Lipinski definition) is 4. The van der Waals surface area contributed by atoms with Crippen molar-refractivity contribution >= 4 is 23.4 Å². The van der Waals surface area contributed by atoms with Crippen LogP contribution in [0.1, 0.15) is 22.3 Å². The van der Waals surface area contributed by atoms with E-state index in [1.807, 2.05) is 0 Å². The molecule has 0 aromatic carbocycles. The number of ether oxygens (including phenoxy) is 1. The molecule has 80 valence electrons. The molecule has 1 aromatic heterocycles. The summed E-state index contributed by atoms with van der Waals surface area (Å²) < 4.78 is 4.39. The summed E-state index contributed by atoms with van der Waals surface area (Å²) in [5.74, 6) is -0.887. The summed E-state index contributed by atoms with van der Waals surface area (Å²) in [5, 5.41) is 0.351. The van der Waals surface area contributed by atoms with Crippen molar-refractivity contribution in [1.29, 1.82) is 0 Å². The third-order valence-electron chi connectivity index (χ3n) is 1.87. The number of pyridine rings is 1. The number of Topliss-reactive ketones (excluding diaryl/α,β-unsaturated/α-hetero) is 1. The Morgan fingerprint density at radius 2 is 2.20 bits per heavy atom. The first-order chi connectivity index (χ1) is 7.04. The maximum absolute atomic E-state index is 11.5. The summed E-state index contributed by atoms with van der Waals surface area (Å²) in [4.78, 5) is 26.2. The lowest BCUT2D eigenvalue weighted by molar-refractivity contribution is -0.139. The number of halogens is 1. The Kier molecular flexibility index (Phi) is 3.80. The Balaban J connectivity index is 2.83. The second-order valence-electron chi connectivity index (χ2n) is 3.01. The highest BCUT2D eigenvalue weighted by atomic mass is 35.5. The topological polar surface area (TPSA) is 56.3 Å². The van der Waals surface area contributed by atoms with Crippen molar-refractivity contribution < 1.29 is 14.3 Å². The maximum Gasteiger partial charge on any atom is 0.313 e. The molecule has 0 spiro atoms. The molecule has 5 heteroatoms. The highest BCUT2D eigenvalue weighted by molar-refractivity contribution is 6.30. The van der Waals surface area contributed by atoms with Gasteiger partial charge in [-0.15, -0.1) is 0 Å². The average Bonchev–Trinajstić information content (AvgIpc) is 2.21. The van der Waals surface area contributed by atoms with Gasteiger partial charge in [0.1, 0.15) is 11.6 Å². The van der Waals surface area contributed by atoms with Gasteiger partial charge in [0.25, 0.3) is 0 Å². The predicted octanol–water partition coefficient (Wildman–Crippen LogP) is 1.79. The Hall–Kier alpha value is -1.42. The number of aromatic nitrogens is 1. The zero-order valence-corrected chi connectivity index (χ0v) is 9.17. The van der Waals surface area contributed by atoms with E-state index in [0.717, 1.165) is 0 Å². The molecule has 0 N–H and O–H groups in total. The van der Waals surface area contributed by atoms with Gasteiger partial charge in [0.15, 0.2) is 5.78 Å². The number of carbonyl (C=O) groups is 2. The number of rotatable bonds is 3. The third kappa shape index (κ3) is 3.02. The van der Waals surface area contributed by atoms with Gasteiger partial charge >= 0.3 is 5.97 Å². The fraction of sp³-hybridized carbons (Fsp3) is 0.300. The first-order valence-electron chi connectivity index (χ1n) is 4.26. The third-order valence-corrected chi connectivity index (χ3v) is 2.26. The van der Waals surface area contributed by atoms with Gasteiger partial charge in [-0.3, -0.25) is 9.59 Å². The van der Waals surface area contributed by atoms with E-state index in [0.29, 0.717) is 16.3 Å². The van der Waals surface area contributed by atoms with Gasteiger partial charge in [0.05, 0.1) is 7.11 Å². The van der Waals surface area contributed by atoms with Crippen molar-refractivity contribution in [1.82, 2.24) is 4.98 Å². The van der Waals surface area contributed by atoms with E-state index < -0.39 is 5.97 Å². The van der Waals surface area contributed by atoms with Crippen LogP contribution in [0.2, 0.25) is 5.15 Å². The van der Waals surface area contributed by atoms with E-state index >= 15 is 0 Å². The molecule has 0 amide bonds. The molecular formula is C10H10ClNO3. The molecule has 0 radical (unpaired) electrons. The average molecular weight is 228 g/mol. The predicted molar refractivity (Wildman–Crippen MR) is 54.9 cm³/mol. The Labute approximate surface area is 92.2 Å². The van der Waals surface area contributed by atoms with Crippen molar-refractivity contribution in [3.8, 4) is 0 Å². The van der Waals surface area contributed by atoms with Crippen LogP contribution in [0.3, 0.4) is 0 Å². The number of methoxy groups -OCH3 is 1. The standard InChI is InChI=1S/C10H10ClNO3/c1-6-3-7(5-12-10(6)11)8(13)4-9(14)15-2/h3,5H,4H2,1-2H3. The van der Waals surface area contributed by atoms with Crippen LogP contribution in [0.25, 0.3) is 0 Å². The molecular weight excluding hydrogens is 218 g/mol. The maximum atomic E-state index is 11.5. The molecule has 0 atom stereocenters. The van der Waals surface area contributed by atoms with Gasteiger partial charge in [-0.1, -0.05) is 11.6 Å². The molecule has 0 fully saturated rings. The Bertz CT molecular complexity index is 404. The SMILES string of the molecule is COC(=O)CC(=O)c1cnc(Cl)c(C)c1. The zero-order valence-electron chi connectivity index (χ0n) is 8.41. The van der Waals surface area contributed by atoms with Crippen LogP contribution < -0.4 is 0 Å². The van der Waals surface area contributed by atoms with Crippen LogP contribution >= 0.6 is 11.6 Å². The van der Waals surface area contributed by atoms with Crippen LogP contribution in [-0.2, 0) is 9.53 Å². The second kappa shape index (κ2) is 4.89. The van der Waals surface area contributed by atoms with Crippen LogP contribution in [0.5, 0.6) is 0 Å². The number of ketones is 1. The van der Waals surface area contributed by atoms with Crippen molar-refractivity contribution in [2.45, 2.75) is 13.3 Å². The molecule has 1 rings (SSSR count). The summed E-state index contributed by atoms with van der Waals surface area (Å²) >= 11 is 5.70. The van der Waals surface area contributed by atoms with Crippen LogP contribution in [0.15, 0.2) is 12.3 Å². The second-order valence-corrected chi connectivity index (χ2v) is 3.37. The molecule has 0 aliphatic carbocycles. The molecule has 0 aliphatic heterocycles. The van der Waals surface area contributed by atoms with E-state index in [1.54, 1.807) is 13.0 Å². The summed E-state index contributed by atoms with van der Waals surface area (Å²) in [6.07, 6.45) is 1.07. The fourth-order valence-electron chi connectivity index (χ4n) is 1.02. The number of hydrogen-bond donors (Lipinski definition) is 0. The number of carbonyl (C=O) groups excluding carboxylic acids is 2. The van der Waals surface area contributed by atoms with E-state index in [1.165, 1.54) is 13.3 Å². The van der Waals surface area contributed by atoms with Crippen LogP contribution in [-0.4, -0.2) is 23.8 Å². The van der Waals surface area contributed by atoms with E-state index in [2.05, 4.69) is 9.72 Å². The highest BCUT2D eigenvalue weighted by Crippen LogP contribution is 2.13. The molecule has 0 saturated heterocycles. The normalized spacial score (nSPS) is 9.80. The van der Waals surface area contributed by atoms with Gasteiger partial charge in [-0.05, 0) is 18.6 Å². The van der Waals surface area contributed by atoms with Crippen LogP contribution in [0.4, 0.5) is 0 Å². The largest absolute Gasteiger partial charge is 0.469 e. The quantitative estimate of drug-likeness (QED) is 0.342. The van der Waals surface area contributed by atoms with Gasteiger partial charge in [-0.2, -0.15) is 0 Å². The number of nitrogens with zero attached hydrogens (tertiary/aromatic N) is 1. The minimum atomic E-state index is -0.562. The monoisotopic (exact) mass is 227 g/mol. The molecule has 1 heterocycles. The zero-order chi connectivity index (χ0) is 11.4. The minimum Gasteiger partial charge on any atom is -0.469 e. The van der Waals surface area contributed by atoms with Crippen LogP contribution in [0, 0.1) is 6.92 Å². The minimum absolute atomic E-state index is 0.279. The summed E-state index contributed by atoms with van der Waals surface area (Å²) in [7, 11) is 1.24. The number of aryl methyl sites for hydroxylation is 1. The molecule has 0 aliphatic rings. The van der Waals surface area contributed by atoms with Gasteiger partial charge < -0.3 is 4.74 Å². The van der Waals surface area contributed by atoms with E-state index in [9.17, 15) is 9.59 Å². The van der Waals surface area contributed by atoms with Crippen molar-refractivity contribution in [2.24, 2.45) is 0 Å². The summed E-state index contributed by atoms with van der Waals surface area (Å²) in [6.45, 7) is 1.74. The van der Waals surface area contributed by atoms with Crippen molar-refractivity contribution in [2.75, 3.05) is 7.11 Å². The van der Waals surface area contributed by atoms with Gasteiger partial charge in [-0.25, -0.2) is 4.98 Å². The molecule has 1 aromatic rings. The first kappa shape index (κ1) is 11.7. The fourth-order valence-corrected chi connectivity index (χ4v) is 1.12. The smallest absolute Gasteiger partial charge is 0.313 e. The molecule has 0 bridgehead atoms. The van der Waals surface area contributed by atoms with E-state index in [-0.39, 0.29) is 12.2 Å². The lowest BCUT2D eigenvalue weighted by atomic mass is 10.1. The summed E-state index contributed by atoms with van der Waals surface area (Å²) in [6, 6.07) is 1.60. The first-order valence-corrected chi connectivity index (χ1v) is 4.64.